The molecule has 82 valence electrons. The van der Waals surface area contributed by atoms with Crippen LogP contribution in [0.2, 0.25) is 0 Å². The van der Waals surface area contributed by atoms with Crippen LogP contribution in [0.4, 0.5) is 0 Å². The van der Waals surface area contributed by atoms with Crippen molar-refractivity contribution in [2.45, 2.75) is 45.6 Å². The minimum atomic E-state index is 0.256. The highest BCUT2D eigenvalue weighted by Gasteiger charge is 2.31. The molecular formula is C10H21N3O. The highest BCUT2D eigenvalue weighted by molar-refractivity contribution is 5.81. The lowest BCUT2D eigenvalue weighted by molar-refractivity contribution is 0.172. The Morgan fingerprint density at radius 2 is 2.29 bits per heavy atom. The average Bonchev–Trinajstić information content (AvgIpc) is 2.15. The molecule has 0 aromatic rings. The quantitative estimate of drug-likeness (QED) is 0.277. The fourth-order valence-electron chi connectivity index (χ4n) is 2.14. The van der Waals surface area contributed by atoms with E-state index >= 15 is 0 Å². The molecule has 14 heavy (non-hydrogen) atoms. The van der Waals surface area contributed by atoms with E-state index in [1.165, 1.54) is 25.7 Å². The van der Waals surface area contributed by atoms with Gasteiger partial charge in [-0.25, -0.2) is 0 Å². The second kappa shape index (κ2) is 4.64. The van der Waals surface area contributed by atoms with Gasteiger partial charge in [-0.15, -0.1) is 0 Å². The standard InChI is InChI=1S/C10H21N3O/c1-10(2)6-4-3-5-8(10)12-7-9(11)13-14/h8,12,14H,3-7H2,1-2H3,(H2,11,13). The molecule has 1 unspecified atom stereocenters. The van der Waals surface area contributed by atoms with Crippen LogP contribution in [-0.2, 0) is 0 Å². The van der Waals surface area contributed by atoms with Gasteiger partial charge < -0.3 is 16.3 Å². The van der Waals surface area contributed by atoms with Gasteiger partial charge in [-0.1, -0.05) is 31.8 Å². The number of nitrogens with two attached hydrogens (primary N) is 1. The summed E-state index contributed by atoms with van der Waals surface area (Å²) in [5.74, 6) is 0.256. The molecule has 1 aliphatic rings. The molecule has 0 heterocycles. The van der Waals surface area contributed by atoms with E-state index in [1.807, 2.05) is 0 Å². The molecule has 4 N–H and O–H groups in total. The lowest BCUT2D eigenvalue weighted by atomic mass is 9.73. The Bertz CT molecular complexity index is 213. The van der Waals surface area contributed by atoms with Crippen LogP contribution in [0.5, 0.6) is 0 Å². The fourth-order valence-corrected chi connectivity index (χ4v) is 2.14. The largest absolute Gasteiger partial charge is 0.409 e. The molecule has 1 atom stereocenters. The van der Waals surface area contributed by atoms with Gasteiger partial charge in [0.05, 0.1) is 6.54 Å². The van der Waals surface area contributed by atoms with Gasteiger partial charge in [-0.05, 0) is 18.3 Å². The Balaban J connectivity index is 2.42. The first kappa shape index (κ1) is 11.3. The minimum absolute atomic E-state index is 0.256. The molecule has 0 aromatic carbocycles. The zero-order chi connectivity index (χ0) is 10.6. The SMILES string of the molecule is CC1(C)CCCCC1NCC(N)=NO. The predicted molar refractivity (Wildman–Crippen MR) is 57.4 cm³/mol. The zero-order valence-corrected chi connectivity index (χ0v) is 9.08. The molecule has 0 aliphatic heterocycles. The van der Waals surface area contributed by atoms with Gasteiger partial charge in [-0.3, -0.25) is 0 Å². The summed E-state index contributed by atoms with van der Waals surface area (Å²) in [4.78, 5) is 0. The Labute approximate surface area is 85.6 Å². The van der Waals surface area contributed by atoms with E-state index in [2.05, 4.69) is 24.3 Å². The molecule has 1 aliphatic carbocycles. The van der Waals surface area contributed by atoms with Crippen LogP contribution in [-0.4, -0.2) is 23.6 Å². The van der Waals surface area contributed by atoms with E-state index in [4.69, 9.17) is 10.9 Å². The lowest BCUT2D eigenvalue weighted by Crippen LogP contribution is -2.47. The number of amidine groups is 1. The van der Waals surface area contributed by atoms with Crippen molar-refractivity contribution in [3.8, 4) is 0 Å². The smallest absolute Gasteiger partial charge is 0.153 e. The summed E-state index contributed by atoms with van der Waals surface area (Å²) >= 11 is 0. The van der Waals surface area contributed by atoms with E-state index in [0.717, 1.165) is 0 Å². The van der Waals surface area contributed by atoms with Crippen LogP contribution < -0.4 is 11.1 Å². The van der Waals surface area contributed by atoms with Crippen molar-refractivity contribution in [1.82, 2.24) is 5.32 Å². The zero-order valence-electron chi connectivity index (χ0n) is 9.08. The normalized spacial score (nSPS) is 27.6. The molecule has 1 saturated carbocycles. The number of oxime groups is 1. The van der Waals surface area contributed by atoms with E-state index < -0.39 is 0 Å². The fraction of sp³-hybridized carbons (Fsp3) is 0.900. The molecular weight excluding hydrogens is 178 g/mol. The molecule has 4 nitrogen and oxygen atoms in total. The first-order chi connectivity index (χ1) is 6.56. The Morgan fingerprint density at radius 1 is 1.57 bits per heavy atom. The Kier molecular flexibility index (Phi) is 3.75. The summed E-state index contributed by atoms with van der Waals surface area (Å²) in [5.41, 5.74) is 5.74. The summed E-state index contributed by atoms with van der Waals surface area (Å²) < 4.78 is 0. The second-order valence-corrected chi connectivity index (χ2v) is 4.76. The molecule has 0 radical (unpaired) electrons. The van der Waals surface area contributed by atoms with Crippen molar-refractivity contribution in [2.75, 3.05) is 6.54 Å². The Morgan fingerprint density at radius 3 is 2.86 bits per heavy atom. The maximum Gasteiger partial charge on any atom is 0.153 e. The maximum absolute atomic E-state index is 8.42. The predicted octanol–water partition coefficient (Wildman–Crippen LogP) is 1.29. The third-order valence-corrected chi connectivity index (χ3v) is 3.17. The van der Waals surface area contributed by atoms with Crippen molar-refractivity contribution in [2.24, 2.45) is 16.3 Å². The van der Waals surface area contributed by atoms with Crippen molar-refractivity contribution in [1.29, 1.82) is 0 Å². The van der Waals surface area contributed by atoms with Gasteiger partial charge >= 0.3 is 0 Å². The van der Waals surface area contributed by atoms with Crippen LogP contribution in [0.25, 0.3) is 0 Å². The summed E-state index contributed by atoms with van der Waals surface area (Å²) in [5, 5.41) is 14.7. The summed E-state index contributed by atoms with van der Waals surface area (Å²) in [6, 6.07) is 0.483. The third-order valence-electron chi connectivity index (χ3n) is 3.17. The topological polar surface area (TPSA) is 70.6 Å². The van der Waals surface area contributed by atoms with Crippen molar-refractivity contribution in [3.05, 3.63) is 0 Å². The van der Waals surface area contributed by atoms with Gasteiger partial charge in [0.25, 0.3) is 0 Å². The highest BCUT2D eigenvalue weighted by atomic mass is 16.4. The van der Waals surface area contributed by atoms with E-state index in [9.17, 15) is 0 Å². The van der Waals surface area contributed by atoms with Crippen molar-refractivity contribution in [3.63, 3.8) is 0 Å². The number of nitrogens with zero attached hydrogens (tertiary/aromatic N) is 1. The Hall–Kier alpha value is -0.770. The van der Waals surface area contributed by atoms with Crippen molar-refractivity contribution >= 4 is 5.84 Å². The molecule has 4 heteroatoms. The molecule has 0 bridgehead atoms. The summed E-state index contributed by atoms with van der Waals surface area (Å²) in [6.07, 6.45) is 5.03. The van der Waals surface area contributed by atoms with E-state index in [-0.39, 0.29) is 5.84 Å². The monoisotopic (exact) mass is 199 g/mol. The molecule has 0 spiro atoms. The van der Waals surface area contributed by atoms with E-state index in [1.54, 1.807) is 0 Å². The van der Waals surface area contributed by atoms with Gasteiger partial charge in [0.1, 0.15) is 0 Å². The highest BCUT2D eigenvalue weighted by Crippen LogP contribution is 2.35. The van der Waals surface area contributed by atoms with Crippen LogP contribution in [0.1, 0.15) is 39.5 Å². The van der Waals surface area contributed by atoms with Crippen LogP contribution in [0.15, 0.2) is 5.16 Å². The second-order valence-electron chi connectivity index (χ2n) is 4.76. The molecule has 0 amide bonds. The van der Waals surface area contributed by atoms with E-state index in [0.29, 0.717) is 18.0 Å². The average molecular weight is 199 g/mol. The summed E-state index contributed by atoms with van der Waals surface area (Å²) in [7, 11) is 0. The molecule has 0 aromatic heterocycles. The molecule has 1 rings (SSSR count). The summed E-state index contributed by atoms with van der Waals surface area (Å²) in [6.45, 7) is 5.02. The lowest BCUT2D eigenvalue weighted by Gasteiger charge is -2.39. The van der Waals surface area contributed by atoms with Gasteiger partial charge in [0.15, 0.2) is 5.84 Å². The maximum atomic E-state index is 8.42. The first-order valence-corrected chi connectivity index (χ1v) is 5.26. The number of hydrogen-bond donors (Lipinski definition) is 3. The van der Waals surface area contributed by atoms with Gasteiger partial charge in [0, 0.05) is 6.04 Å². The van der Waals surface area contributed by atoms with Crippen LogP contribution >= 0.6 is 0 Å². The third kappa shape index (κ3) is 2.87. The first-order valence-electron chi connectivity index (χ1n) is 5.26. The van der Waals surface area contributed by atoms with Crippen molar-refractivity contribution < 1.29 is 5.21 Å². The molecule has 0 saturated heterocycles. The number of hydrogen-bond acceptors (Lipinski definition) is 3. The number of rotatable bonds is 3. The van der Waals surface area contributed by atoms with Gasteiger partial charge in [0.2, 0.25) is 0 Å². The van der Waals surface area contributed by atoms with Crippen LogP contribution in [0.3, 0.4) is 0 Å². The van der Waals surface area contributed by atoms with Gasteiger partial charge in [-0.2, -0.15) is 0 Å². The van der Waals surface area contributed by atoms with Crippen LogP contribution in [0, 0.1) is 5.41 Å². The molecule has 1 fully saturated rings. The number of nitrogens with one attached hydrogen (secondary N) is 1. The minimum Gasteiger partial charge on any atom is -0.409 e.